The molecule has 0 saturated carbocycles. The van der Waals surface area contributed by atoms with E-state index in [9.17, 15) is 23.6 Å². The monoisotopic (exact) mass is 451 g/mol. The number of anilines is 2. The van der Waals surface area contributed by atoms with E-state index in [0.717, 1.165) is 46.8 Å². The van der Waals surface area contributed by atoms with Crippen molar-refractivity contribution >= 4 is 39.9 Å². The Bertz CT molecular complexity index is 1230. The lowest BCUT2D eigenvalue weighted by molar-refractivity contribution is -0.115. The highest BCUT2D eigenvalue weighted by Crippen LogP contribution is 2.31. The van der Waals surface area contributed by atoms with Crippen LogP contribution in [-0.2, 0) is 11.2 Å². The minimum Gasteiger partial charge on any atom is -0.288 e. The summed E-state index contributed by atoms with van der Waals surface area (Å²) in [7, 11) is 0. The smallest absolute Gasteiger partial charge is 0.230 e. The Morgan fingerprint density at radius 2 is 1.91 bits per heavy atom. The minimum atomic E-state index is -0.910. The van der Waals surface area contributed by atoms with Gasteiger partial charge in [0.1, 0.15) is 23.3 Å². The lowest BCUT2D eigenvalue weighted by Gasteiger charge is -2.18. The van der Waals surface area contributed by atoms with Gasteiger partial charge in [-0.3, -0.25) is 14.5 Å². The van der Waals surface area contributed by atoms with Crippen molar-refractivity contribution in [3.05, 3.63) is 81.9 Å². The van der Waals surface area contributed by atoms with Crippen LogP contribution in [0.1, 0.15) is 41.9 Å². The van der Waals surface area contributed by atoms with Gasteiger partial charge in [-0.15, -0.1) is 11.3 Å². The lowest BCUT2D eigenvalue weighted by atomic mass is 10.0. The molecule has 0 bridgehead atoms. The molecule has 3 rings (SSSR count). The number of thiazole rings is 1. The second-order valence-electron chi connectivity index (χ2n) is 6.95. The van der Waals surface area contributed by atoms with Gasteiger partial charge >= 0.3 is 0 Å². The number of hydrogen-bond donors (Lipinski definition) is 0. The van der Waals surface area contributed by atoms with Crippen molar-refractivity contribution in [2.45, 2.75) is 26.7 Å². The Kier molecular flexibility index (Phi) is 7.23. The number of benzene rings is 2. The van der Waals surface area contributed by atoms with Crippen molar-refractivity contribution in [3.8, 4) is 6.07 Å². The van der Waals surface area contributed by atoms with Crippen LogP contribution in [0.5, 0.6) is 0 Å². The van der Waals surface area contributed by atoms with Crippen LogP contribution in [0.2, 0.25) is 0 Å². The third-order valence-electron chi connectivity index (χ3n) is 4.58. The molecule has 5 nitrogen and oxygen atoms in total. The van der Waals surface area contributed by atoms with Gasteiger partial charge in [-0.05, 0) is 30.2 Å². The maximum absolute atomic E-state index is 14.2. The zero-order valence-corrected chi connectivity index (χ0v) is 18.2. The number of nitrogens with zero attached hydrogens (tertiary/aromatic N) is 3. The van der Waals surface area contributed by atoms with E-state index in [-0.39, 0.29) is 22.1 Å². The first-order chi connectivity index (χ1) is 15.3. The van der Waals surface area contributed by atoms with Crippen molar-refractivity contribution in [3.63, 3.8) is 0 Å². The van der Waals surface area contributed by atoms with Crippen molar-refractivity contribution in [1.29, 1.82) is 5.26 Å². The van der Waals surface area contributed by atoms with E-state index >= 15 is 0 Å². The first-order valence-corrected chi connectivity index (χ1v) is 10.7. The molecule has 8 heteroatoms. The lowest BCUT2D eigenvalue weighted by Crippen LogP contribution is -2.23. The van der Waals surface area contributed by atoms with Gasteiger partial charge in [0.15, 0.2) is 5.13 Å². The van der Waals surface area contributed by atoms with Crippen LogP contribution in [0.4, 0.5) is 19.6 Å². The van der Waals surface area contributed by atoms with Crippen molar-refractivity contribution < 1.29 is 18.4 Å². The summed E-state index contributed by atoms with van der Waals surface area (Å²) >= 11 is 1.03. The average molecular weight is 451 g/mol. The maximum Gasteiger partial charge on any atom is 0.230 e. The third kappa shape index (κ3) is 5.13. The van der Waals surface area contributed by atoms with Crippen LogP contribution < -0.4 is 4.90 Å². The fourth-order valence-corrected chi connectivity index (χ4v) is 3.92. The van der Waals surface area contributed by atoms with E-state index in [1.807, 2.05) is 18.2 Å². The minimum absolute atomic E-state index is 0.118. The van der Waals surface area contributed by atoms with Crippen molar-refractivity contribution in [2.75, 3.05) is 4.90 Å². The Labute approximate surface area is 188 Å². The fraction of sp³-hybridized carbons (Fsp3) is 0.167. The van der Waals surface area contributed by atoms with Crippen LogP contribution >= 0.6 is 11.3 Å². The summed E-state index contributed by atoms with van der Waals surface area (Å²) in [5.41, 5.74) is 1.49. The first kappa shape index (κ1) is 23.0. The molecule has 0 atom stereocenters. The molecule has 162 valence electrons. The molecule has 1 heterocycles. The highest BCUT2D eigenvalue weighted by molar-refractivity contribution is 7.14. The Hall–Kier alpha value is -3.70. The average Bonchev–Trinajstić information content (AvgIpc) is 3.22. The second kappa shape index (κ2) is 10.1. The highest BCUT2D eigenvalue weighted by atomic mass is 32.1. The van der Waals surface area contributed by atoms with Gasteiger partial charge < -0.3 is 0 Å². The molecule has 0 N–H and O–H groups in total. The standard InChI is InChI=1S/C24H19F2N3O2S/c1-3-4-16-5-7-17(8-6-16)23(31)18(13-27)11-20-14-32-24(28-20)29(15(2)30)22-10-9-19(25)12-21(22)26/h5-12,14H,3-4H2,1-2H3/b18-11+. The molecular formula is C24H19F2N3O2S. The first-order valence-electron chi connectivity index (χ1n) is 9.80. The Morgan fingerprint density at radius 3 is 2.50 bits per heavy atom. The second-order valence-corrected chi connectivity index (χ2v) is 7.79. The van der Waals surface area contributed by atoms with E-state index in [0.29, 0.717) is 11.6 Å². The molecular weight excluding hydrogens is 432 g/mol. The molecule has 1 amide bonds. The van der Waals surface area contributed by atoms with Crippen LogP contribution in [-0.4, -0.2) is 16.7 Å². The summed E-state index contributed by atoms with van der Waals surface area (Å²) in [5.74, 6) is -2.65. The zero-order valence-electron chi connectivity index (χ0n) is 17.4. The van der Waals surface area contributed by atoms with Gasteiger partial charge in [-0.2, -0.15) is 5.26 Å². The van der Waals surface area contributed by atoms with Crippen LogP contribution in [0.3, 0.4) is 0 Å². The number of aryl methyl sites for hydroxylation is 1. The molecule has 32 heavy (non-hydrogen) atoms. The maximum atomic E-state index is 14.2. The van der Waals surface area contributed by atoms with Gasteiger partial charge in [0.05, 0.1) is 11.4 Å². The molecule has 1 aromatic heterocycles. The number of halogens is 2. The molecule has 0 fully saturated rings. The quantitative estimate of drug-likeness (QED) is 0.257. The third-order valence-corrected chi connectivity index (χ3v) is 5.42. The normalized spacial score (nSPS) is 11.2. The van der Waals surface area contributed by atoms with E-state index in [1.165, 1.54) is 13.0 Å². The molecule has 0 unspecified atom stereocenters. The van der Waals surface area contributed by atoms with E-state index < -0.39 is 23.3 Å². The van der Waals surface area contributed by atoms with Gasteiger partial charge in [-0.25, -0.2) is 13.8 Å². The summed E-state index contributed by atoms with van der Waals surface area (Å²) in [6.07, 6.45) is 3.21. The van der Waals surface area contributed by atoms with Gasteiger partial charge in [-0.1, -0.05) is 37.6 Å². The summed E-state index contributed by atoms with van der Waals surface area (Å²) < 4.78 is 27.5. The van der Waals surface area contributed by atoms with E-state index in [1.54, 1.807) is 17.5 Å². The molecule has 0 aliphatic rings. The van der Waals surface area contributed by atoms with Crippen LogP contribution in [0.15, 0.2) is 53.4 Å². The van der Waals surface area contributed by atoms with Crippen molar-refractivity contribution in [2.24, 2.45) is 0 Å². The number of rotatable bonds is 7. The van der Waals surface area contributed by atoms with Gasteiger partial charge in [0.25, 0.3) is 0 Å². The SMILES string of the molecule is CCCc1ccc(C(=O)/C(C#N)=C/c2csc(N(C(C)=O)c3ccc(F)cc3F)n2)cc1. The molecule has 0 saturated heterocycles. The van der Waals surface area contributed by atoms with Gasteiger partial charge in [0, 0.05) is 23.9 Å². The highest BCUT2D eigenvalue weighted by Gasteiger charge is 2.22. The Balaban J connectivity index is 1.90. The summed E-state index contributed by atoms with van der Waals surface area (Å²) in [4.78, 5) is 30.1. The fourth-order valence-electron chi connectivity index (χ4n) is 3.08. The number of nitriles is 1. The summed E-state index contributed by atoms with van der Waals surface area (Å²) in [5, 5.41) is 11.2. The predicted molar refractivity (Wildman–Crippen MR) is 120 cm³/mol. The Morgan fingerprint density at radius 1 is 1.19 bits per heavy atom. The summed E-state index contributed by atoms with van der Waals surface area (Å²) in [6.45, 7) is 3.29. The van der Waals surface area contributed by atoms with E-state index in [4.69, 9.17) is 0 Å². The van der Waals surface area contributed by atoms with E-state index in [2.05, 4.69) is 11.9 Å². The number of ketones is 1. The van der Waals surface area contributed by atoms with Crippen LogP contribution in [0, 0.1) is 23.0 Å². The zero-order chi connectivity index (χ0) is 23.3. The summed E-state index contributed by atoms with van der Waals surface area (Å²) in [6, 6.07) is 11.8. The molecule has 0 aliphatic heterocycles. The number of allylic oxidation sites excluding steroid dienone is 1. The number of Topliss-reactive ketones (excluding diaryl/α,β-unsaturated/α-hetero) is 1. The molecule has 3 aromatic rings. The number of aromatic nitrogens is 1. The number of amides is 1. The molecule has 0 spiro atoms. The largest absolute Gasteiger partial charge is 0.288 e. The van der Waals surface area contributed by atoms with Gasteiger partial charge in [0.2, 0.25) is 11.7 Å². The topological polar surface area (TPSA) is 74.1 Å². The molecule has 0 radical (unpaired) electrons. The molecule has 2 aromatic carbocycles. The predicted octanol–water partition coefficient (Wildman–Crippen LogP) is 5.85. The number of carbonyl (C=O) groups excluding carboxylic acids is 2. The number of carbonyl (C=O) groups is 2. The van der Waals surface area contributed by atoms with Crippen molar-refractivity contribution in [1.82, 2.24) is 4.98 Å². The number of hydrogen-bond acceptors (Lipinski definition) is 5. The molecule has 0 aliphatic carbocycles. The van der Waals surface area contributed by atoms with Crippen LogP contribution in [0.25, 0.3) is 6.08 Å².